The number of fused-ring (bicyclic) bond motifs is 1. The highest BCUT2D eigenvalue weighted by Crippen LogP contribution is 2.23. The van der Waals surface area contributed by atoms with Crippen LogP contribution >= 0.6 is 11.8 Å². The largest absolute Gasteiger partial charge is 0.347 e. The van der Waals surface area contributed by atoms with Crippen molar-refractivity contribution in [3.63, 3.8) is 0 Å². The van der Waals surface area contributed by atoms with Crippen molar-refractivity contribution in [2.75, 3.05) is 38.5 Å². The second-order valence-corrected chi connectivity index (χ2v) is 9.45. The first-order valence-corrected chi connectivity index (χ1v) is 10.8. The van der Waals surface area contributed by atoms with E-state index in [0.29, 0.717) is 12.3 Å². The number of carbonyl (C=O) groups is 2. The highest BCUT2D eigenvalue weighted by Gasteiger charge is 2.26. The SMILES string of the molecule is CC(C)(C)NC(=O)C[NH+]1CCN(C(=O)CSc2ccc3ccccc3c2)CC1. The number of hydrogen-bond acceptors (Lipinski definition) is 3. The molecule has 2 N–H and O–H groups in total. The van der Waals surface area contributed by atoms with E-state index in [1.165, 1.54) is 15.7 Å². The summed E-state index contributed by atoms with van der Waals surface area (Å²) in [6, 6.07) is 14.6. The zero-order chi connectivity index (χ0) is 20.1. The lowest BCUT2D eigenvalue weighted by Gasteiger charge is -2.32. The lowest BCUT2D eigenvalue weighted by Crippen LogP contribution is -3.16. The smallest absolute Gasteiger partial charge is 0.275 e. The summed E-state index contributed by atoms with van der Waals surface area (Å²) in [5.74, 6) is 0.712. The van der Waals surface area contributed by atoms with E-state index in [9.17, 15) is 9.59 Å². The molecule has 5 nitrogen and oxygen atoms in total. The van der Waals surface area contributed by atoms with Crippen LogP contribution < -0.4 is 10.2 Å². The highest BCUT2D eigenvalue weighted by molar-refractivity contribution is 8.00. The van der Waals surface area contributed by atoms with Gasteiger partial charge in [0.2, 0.25) is 5.91 Å². The van der Waals surface area contributed by atoms with E-state index in [1.807, 2.05) is 37.8 Å². The molecular weight excluding hydrogens is 370 g/mol. The number of benzene rings is 2. The van der Waals surface area contributed by atoms with E-state index >= 15 is 0 Å². The molecule has 0 spiro atoms. The van der Waals surface area contributed by atoms with Gasteiger partial charge in [-0.25, -0.2) is 0 Å². The van der Waals surface area contributed by atoms with Crippen LogP contribution in [0.25, 0.3) is 10.8 Å². The Morgan fingerprint density at radius 2 is 1.75 bits per heavy atom. The standard InChI is InChI=1S/C22H29N3O2S/c1-22(2,3)23-20(26)15-24-10-12-25(13-11-24)21(27)16-28-19-9-8-17-6-4-5-7-18(17)14-19/h4-9,14H,10-13,15-16H2,1-3H3,(H,23,26)/p+1. The van der Waals surface area contributed by atoms with Gasteiger partial charge in [-0.1, -0.05) is 30.3 Å². The first-order chi connectivity index (χ1) is 13.3. The van der Waals surface area contributed by atoms with Gasteiger partial charge in [-0.15, -0.1) is 11.8 Å². The number of nitrogens with one attached hydrogen (secondary N) is 2. The van der Waals surface area contributed by atoms with Crippen molar-refractivity contribution in [3.8, 4) is 0 Å². The molecule has 3 rings (SSSR count). The predicted molar refractivity (Wildman–Crippen MR) is 115 cm³/mol. The molecule has 1 heterocycles. The third kappa shape index (κ3) is 5.97. The molecule has 0 unspecified atom stereocenters. The molecule has 1 fully saturated rings. The Kier molecular flexibility index (Phi) is 6.62. The molecule has 0 bridgehead atoms. The van der Waals surface area contributed by atoms with Crippen LogP contribution in [0.1, 0.15) is 20.8 Å². The van der Waals surface area contributed by atoms with E-state index in [4.69, 9.17) is 0 Å². The zero-order valence-corrected chi connectivity index (χ0v) is 17.8. The van der Waals surface area contributed by atoms with Crippen LogP contribution in [-0.4, -0.2) is 60.7 Å². The first kappa shape index (κ1) is 20.7. The number of rotatable bonds is 5. The fraction of sp³-hybridized carbons (Fsp3) is 0.455. The van der Waals surface area contributed by atoms with Gasteiger partial charge in [0.25, 0.3) is 5.91 Å². The van der Waals surface area contributed by atoms with E-state index in [-0.39, 0.29) is 17.4 Å². The molecule has 0 atom stereocenters. The molecule has 1 saturated heterocycles. The van der Waals surface area contributed by atoms with Gasteiger partial charge in [-0.05, 0) is 43.7 Å². The number of nitrogens with zero attached hydrogens (tertiary/aromatic N) is 1. The van der Waals surface area contributed by atoms with Gasteiger partial charge in [-0.3, -0.25) is 9.59 Å². The predicted octanol–water partition coefficient (Wildman–Crippen LogP) is 1.57. The molecule has 6 heteroatoms. The Labute approximate surface area is 171 Å². The van der Waals surface area contributed by atoms with Gasteiger partial charge in [0.05, 0.1) is 31.9 Å². The van der Waals surface area contributed by atoms with Crippen molar-refractivity contribution in [1.82, 2.24) is 10.2 Å². The van der Waals surface area contributed by atoms with Crippen LogP contribution in [0.2, 0.25) is 0 Å². The molecule has 2 aromatic carbocycles. The van der Waals surface area contributed by atoms with Crippen LogP contribution in [0.5, 0.6) is 0 Å². The lowest BCUT2D eigenvalue weighted by atomic mass is 10.1. The quantitative estimate of drug-likeness (QED) is 0.750. The third-order valence-electron chi connectivity index (χ3n) is 4.83. The minimum absolute atomic E-state index is 0.0779. The second-order valence-electron chi connectivity index (χ2n) is 8.40. The van der Waals surface area contributed by atoms with E-state index in [1.54, 1.807) is 11.8 Å². The summed E-state index contributed by atoms with van der Waals surface area (Å²) in [4.78, 5) is 28.9. The number of piperazine rings is 1. The lowest BCUT2D eigenvalue weighted by molar-refractivity contribution is -0.896. The molecular formula is C22H30N3O2S+. The summed E-state index contributed by atoms with van der Waals surface area (Å²) >= 11 is 1.59. The number of thioether (sulfide) groups is 1. The van der Waals surface area contributed by atoms with Gasteiger partial charge < -0.3 is 15.1 Å². The molecule has 150 valence electrons. The summed E-state index contributed by atoms with van der Waals surface area (Å²) in [5.41, 5.74) is -0.200. The molecule has 0 saturated carbocycles. The molecule has 2 aromatic rings. The molecule has 0 aromatic heterocycles. The summed E-state index contributed by atoms with van der Waals surface area (Å²) in [6.45, 7) is 9.53. The van der Waals surface area contributed by atoms with E-state index < -0.39 is 0 Å². The monoisotopic (exact) mass is 400 g/mol. The molecule has 2 amide bonds. The number of carbonyl (C=O) groups excluding carboxylic acids is 2. The van der Waals surface area contributed by atoms with Crippen molar-refractivity contribution < 1.29 is 14.5 Å². The van der Waals surface area contributed by atoms with Crippen LogP contribution in [0, 0.1) is 0 Å². The van der Waals surface area contributed by atoms with Crippen molar-refractivity contribution in [1.29, 1.82) is 0 Å². The topological polar surface area (TPSA) is 53.9 Å². The third-order valence-corrected chi connectivity index (χ3v) is 5.81. The molecule has 1 aliphatic rings. The average molecular weight is 401 g/mol. The molecule has 0 radical (unpaired) electrons. The molecule has 0 aliphatic carbocycles. The van der Waals surface area contributed by atoms with Gasteiger partial charge in [0.15, 0.2) is 6.54 Å². The summed E-state index contributed by atoms with van der Waals surface area (Å²) in [7, 11) is 0. The Balaban J connectivity index is 1.44. The van der Waals surface area contributed by atoms with Crippen molar-refractivity contribution in [3.05, 3.63) is 42.5 Å². The van der Waals surface area contributed by atoms with Gasteiger partial charge >= 0.3 is 0 Å². The molecule has 1 aliphatic heterocycles. The Bertz CT molecular complexity index is 839. The first-order valence-electron chi connectivity index (χ1n) is 9.84. The Morgan fingerprint density at radius 1 is 1.07 bits per heavy atom. The summed E-state index contributed by atoms with van der Waals surface area (Å²) < 4.78 is 0. The van der Waals surface area contributed by atoms with Crippen LogP contribution in [0.15, 0.2) is 47.4 Å². The Hall–Kier alpha value is -2.05. The van der Waals surface area contributed by atoms with Gasteiger partial charge in [0, 0.05) is 10.4 Å². The van der Waals surface area contributed by atoms with Crippen molar-refractivity contribution in [2.24, 2.45) is 0 Å². The fourth-order valence-corrected chi connectivity index (χ4v) is 4.28. The maximum atomic E-state index is 12.6. The zero-order valence-electron chi connectivity index (χ0n) is 17.0. The Morgan fingerprint density at radius 3 is 2.43 bits per heavy atom. The number of amides is 2. The maximum Gasteiger partial charge on any atom is 0.275 e. The minimum atomic E-state index is -0.200. The van der Waals surface area contributed by atoms with Crippen molar-refractivity contribution in [2.45, 2.75) is 31.2 Å². The highest BCUT2D eigenvalue weighted by atomic mass is 32.2. The molecule has 28 heavy (non-hydrogen) atoms. The summed E-state index contributed by atoms with van der Waals surface area (Å²) in [6.07, 6.45) is 0. The van der Waals surface area contributed by atoms with Crippen LogP contribution in [0.3, 0.4) is 0 Å². The van der Waals surface area contributed by atoms with E-state index in [2.05, 4.69) is 35.6 Å². The summed E-state index contributed by atoms with van der Waals surface area (Å²) in [5, 5.41) is 5.42. The normalized spacial score (nSPS) is 15.6. The average Bonchev–Trinajstić information content (AvgIpc) is 2.65. The van der Waals surface area contributed by atoms with Crippen molar-refractivity contribution >= 4 is 34.3 Å². The maximum absolute atomic E-state index is 12.6. The minimum Gasteiger partial charge on any atom is -0.347 e. The second kappa shape index (κ2) is 8.97. The van der Waals surface area contributed by atoms with Crippen LogP contribution in [-0.2, 0) is 9.59 Å². The van der Waals surface area contributed by atoms with Gasteiger partial charge in [0.1, 0.15) is 0 Å². The fourth-order valence-electron chi connectivity index (χ4n) is 3.43. The number of hydrogen-bond donors (Lipinski definition) is 2. The van der Waals surface area contributed by atoms with Crippen LogP contribution in [0.4, 0.5) is 0 Å². The number of quaternary nitrogens is 1. The van der Waals surface area contributed by atoms with E-state index in [0.717, 1.165) is 31.1 Å². The van der Waals surface area contributed by atoms with Gasteiger partial charge in [-0.2, -0.15) is 0 Å².